The van der Waals surface area contributed by atoms with E-state index in [4.69, 9.17) is 0 Å². The minimum Gasteiger partial charge on any atom is -0.337 e. The van der Waals surface area contributed by atoms with Gasteiger partial charge < -0.3 is 10.2 Å². The number of fused-ring (bicyclic) bond motifs is 5. The first-order chi connectivity index (χ1) is 9.75. The highest BCUT2D eigenvalue weighted by Crippen LogP contribution is 2.52. The smallest absolute Gasteiger partial charge is 0.233 e. The van der Waals surface area contributed by atoms with Crippen molar-refractivity contribution in [3.63, 3.8) is 0 Å². The van der Waals surface area contributed by atoms with E-state index in [0.717, 1.165) is 39.1 Å². The van der Waals surface area contributed by atoms with Gasteiger partial charge in [0.15, 0.2) is 0 Å². The fraction of sp³-hybridized carbons (Fsp3) is 0.733. The Morgan fingerprint density at radius 1 is 1.10 bits per heavy atom. The number of imide groups is 1. The Kier molecular flexibility index (Phi) is 2.93. The number of likely N-dealkylation sites (tertiary alicyclic amines) is 1. The summed E-state index contributed by atoms with van der Waals surface area (Å²) in [6.07, 6.45) is 5.34. The molecule has 5 nitrogen and oxygen atoms in total. The zero-order valence-electron chi connectivity index (χ0n) is 11.8. The molecule has 2 heterocycles. The number of nitrogens with one attached hydrogen (secondary N) is 1. The van der Waals surface area contributed by atoms with Crippen molar-refractivity contribution in [2.24, 2.45) is 23.7 Å². The summed E-state index contributed by atoms with van der Waals surface area (Å²) >= 11 is 0. The lowest BCUT2D eigenvalue weighted by molar-refractivity contribution is -0.946. The fourth-order valence-electron chi connectivity index (χ4n) is 4.59. The van der Waals surface area contributed by atoms with E-state index in [2.05, 4.69) is 17.5 Å². The van der Waals surface area contributed by atoms with Gasteiger partial charge in [-0.1, -0.05) is 12.2 Å². The molecule has 2 bridgehead atoms. The lowest BCUT2D eigenvalue weighted by Gasteiger charge is -2.24. The summed E-state index contributed by atoms with van der Waals surface area (Å²) in [4.78, 5) is 28.1. The molecular weight excluding hydrogens is 254 g/mol. The van der Waals surface area contributed by atoms with Gasteiger partial charge in [-0.2, -0.15) is 0 Å². The van der Waals surface area contributed by atoms with Crippen LogP contribution in [-0.4, -0.2) is 56.0 Å². The minimum absolute atomic E-state index is 0.0258. The summed E-state index contributed by atoms with van der Waals surface area (Å²) in [6, 6.07) is 0. The first-order valence-electron chi connectivity index (χ1n) is 7.94. The van der Waals surface area contributed by atoms with E-state index in [0.29, 0.717) is 18.4 Å². The summed E-state index contributed by atoms with van der Waals surface area (Å²) in [7, 11) is 0. The van der Waals surface area contributed by atoms with E-state index in [1.807, 2.05) is 0 Å². The molecule has 0 aromatic rings. The molecule has 0 aromatic heterocycles. The standard InChI is InChI=1S/C15H21N3O2/c19-14-12-10-1-2-11(9-10)13(12)15(20)18(14)8-7-17-5-3-16-4-6-17/h1-2,10-13,16H,3-9H2/p+2/t10-,11+,12-,13+. The van der Waals surface area contributed by atoms with Gasteiger partial charge in [-0.25, -0.2) is 0 Å². The number of piperazine rings is 1. The van der Waals surface area contributed by atoms with Gasteiger partial charge >= 0.3 is 0 Å². The van der Waals surface area contributed by atoms with E-state index < -0.39 is 0 Å². The molecule has 2 amide bonds. The second-order valence-corrected chi connectivity index (χ2v) is 6.69. The number of quaternary nitrogens is 2. The lowest BCUT2D eigenvalue weighted by Crippen LogP contribution is -3.20. The number of carbonyl (C=O) groups is 2. The Labute approximate surface area is 119 Å². The van der Waals surface area contributed by atoms with Gasteiger partial charge in [-0.05, 0) is 18.3 Å². The highest BCUT2D eigenvalue weighted by atomic mass is 16.2. The average molecular weight is 277 g/mol. The van der Waals surface area contributed by atoms with Crippen LogP contribution in [0, 0.1) is 23.7 Å². The Balaban J connectivity index is 1.42. The van der Waals surface area contributed by atoms with Gasteiger partial charge in [0.05, 0.1) is 24.9 Å². The van der Waals surface area contributed by atoms with E-state index in [1.165, 1.54) is 4.90 Å². The molecule has 20 heavy (non-hydrogen) atoms. The predicted molar refractivity (Wildman–Crippen MR) is 71.7 cm³/mol. The van der Waals surface area contributed by atoms with Crippen LogP contribution in [0.25, 0.3) is 0 Å². The van der Waals surface area contributed by atoms with E-state index in [1.54, 1.807) is 4.90 Å². The molecule has 0 radical (unpaired) electrons. The lowest BCUT2D eigenvalue weighted by atomic mass is 9.85. The Morgan fingerprint density at radius 2 is 1.70 bits per heavy atom. The summed E-state index contributed by atoms with van der Waals surface area (Å²) in [5, 5.41) is 2.34. The molecule has 2 saturated heterocycles. The van der Waals surface area contributed by atoms with Crippen LogP contribution >= 0.6 is 0 Å². The largest absolute Gasteiger partial charge is 0.337 e. The first-order valence-corrected chi connectivity index (χ1v) is 7.94. The number of hydrogen-bond donors (Lipinski definition) is 2. The van der Waals surface area contributed by atoms with Crippen molar-refractivity contribution in [3.8, 4) is 0 Å². The van der Waals surface area contributed by atoms with Crippen molar-refractivity contribution < 1.29 is 19.8 Å². The molecule has 4 atom stereocenters. The van der Waals surface area contributed by atoms with Crippen LogP contribution in [-0.2, 0) is 9.59 Å². The van der Waals surface area contributed by atoms with Crippen molar-refractivity contribution >= 4 is 11.8 Å². The van der Waals surface area contributed by atoms with Crippen LogP contribution in [0.1, 0.15) is 6.42 Å². The van der Waals surface area contributed by atoms with Crippen LogP contribution in [0.2, 0.25) is 0 Å². The number of allylic oxidation sites excluding steroid dienone is 2. The molecule has 0 aromatic carbocycles. The number of nitrogens with two attached hydrogens (primary N) is 1. The van der Waals surface area contributed by atoms with Crippen LogP contribution in [0.4, 0.5) is 0 Å². The highest BCUT2D eigenvalue weighted by Gasteiger charge is 2.59. The molecular formula is C15H23N3O2+2. The molecule has 4 rings (SSSR count). The topological polar surface area (TPSA) is 58.4 Å². The van der Waals surface area contributed by atoms with E-state index in [-0.39, 0.29) is 23.7 Å². The van der Waals surface area contributed by atoms with Crippen molar-refractivity contribution in [3.05, 3.63) is 12.2 Å². The monoisotopic (exact) mass is 277 g/mol. The van der Waals surface area contributed by atoms with Crippen LogP contribution in [0.15, 0.2) is 12.2 Å². The number of carbonyl (C=O) groups excluding carboxylic acids is 2. The second-order valence-electron chi connectivity index (χ2n) is 6.69. The third-order valence-corrected chi connectivity index (χ3v) is 5.65. The predicted octanol–water partition coefficient (Wildman–Crippen LogP) is -2.74. The average Bonchev–Trinajstić information content (AvgIpc) is 3.13. The molecule has 1 saturated carbocycles. The number of rotatable bonds is 3. The second kappa shape index (κ2) is 4.67. The quantitative estimate of drug-likeness (QED) is 0.434. The van der Waals surface area contributed by atoms with Crippen LogP contribution < -0.4 is 10.2 Å². The summed E-state index contributed by atoms with van der Waals surface area (Å²) in [6.45, 7) is 6.17. The van der Waals surface area contributed by atoms with Crippen molar-refractivity contribution in [2.45, 2.75) is 6.42 Å². The van der Waals surface area contributed by atoms with Crippen molar-refractivity contribution in [1.29, 1.82) is 0 Å². The van der Waals surface area contributed by atoms with Crippen molar-refractivity contribution in [1.82, 2.24) is 4.90 Å². The van der Waals surface area contributed by atoms with E-state index >= 15 is 0 Å². The zero-order chi connectivity index (χ0) is 13.7. The summed E-state index contributed by atoms with van der Waals surface area (Å²) < 4.78 is 0. The zero-order valence-corrected chi connectivity index (χ0v) is 11.8. The molecule has 0 unspecified atom stereocenters. The Bertz CT molecular complexity index is 440. The molecule has 2 aliphatic heterocycles. The number of amides is 2. The van der Waals surface area contributed by atoms with Gasteiger partial charge in [0.25, 0.3) is 0 Å². The minimum atomic E-state index is -0.0258. The van der Waals surface area contributed by atoms with Gasteiger partial charge in [0.1, 0.15) is 26.2 Å². The van der Waals surface area contributed by atoms with Crippen LogP contribution in [0.3, 0.4) is 0 Å². The maximum Gasteiger partial charge on any atom is 0.233 e. The molecule has 108 valence electrons. The normalized spacial score (nSPS) is 39.9. The highest BCUT2D eigenvalue weighted by molar-refractivity contribution is 6.06. The fourth-order valence-corrected chi connectivity index (χ4v) is 4.59. The van der Waals surface area contributed by atoms with Gasteiger partial charge in [-0.15, -0.1) is 0 Å². The summed E-state index contributed by atoms with van der Waals surface area (Å²) in [5.41, 5.74) is 0. The third-order valence-electron chi connectivity index (χ3n) is 5.65. The molecule has 3 fully saturated rings. The number of nitrogens with zero attached hydrogens (tertiary/aromatic N) is 1. The Hall–Kier alpha value is -1.20. The van der Waals surface area contributed by atoms with Gasteiger partial charge in [-0.3, -0.25) is 14.5 Å². The maximum atomic E-state index is 12.5. The summed E-state index contributed by atoms with van der Waals surface area (Å²) in [5.74, 6) is 0.843. The number of hydrogen-bond acceptors (Lipinski definition) is 2. The third kappa shape index (κ3) is 1.76. The molecule has 2 aliphatic carbocycles. The van der Waals surface area contributed by atoms with E-state index in [9.17, 15) is 9.59 Å². The van der Waals surface area contributed by atoms with Crippen LogP contribution in [0.5, 0.6) is 0 Å². The molecule has 4 aliphatic rings. The van der Waals surface area contributed by atoms with Gasteiger partial charge in [0, 0.05) is 0 Å². The SMILES string of the molecule is O=C1[C@@H]2[C@H](C(=O)N1CC[NH+]1CC[NH2+]CC1)[C@@H]1C=C[C@H]2C1. The molecule has 3 N–H and O–H groups in total. The molecule has 5 heteroatoms. The maximum absolute atomic E-state index is 12.5. The van der Waals surface area contributed by atoms with Gasteiger partial charge in [0.2, 0.25) is 11.8 Å². The Morgan fingerprint density at radius 3 is 2.30 bits per heavy atom. The first kappa shape index (κ1) is 12.5. The molecule has 0 spiro atoms. The van der Waals surface area contributed by atoms with Crippen molar-refractivity contribution in [2.75, 3.05) is 39.3 Å².